The second kappa shape index (κ2) is 4.61. The number of benzene rings is 2. The Labute approximate surface area is 90.9 Å². The quantitative estimate of drug-likeness (QED) is 0.695. The third kappa shape index (κ3) is 2.16. The smallest absolute Gasteiger partial charge is 0.0272 e. The lowest BCUT2D eigenvalue weighted by Crippen LogP contribution is -1.96. The van der Waals surface area contributed by atoms with E-state index in [4.69, 9.17) is 6.58 Å². The Bertz CT molecular complexity index is 375. The first-order valence-electron chi connectivity index (χ1n) is 5.07. The molecule has 0 aliphatic rings. The number of allylic oxidation sites excluding steroid dienone is 1. The van der Waals surface area contributed by atoms with E-state index in [0.717, 1.165) is 0 Å². The Balaban J connectivity index is 2.38. The molecule has 0 saturated heterocycles. The maximum atomic E-state index is 5.71. The van der Waals surface area contributed by atoms with Crippen molar-refractivity contribution in [1.29, 1.82) is 0 Å². The number of hydrogen-bond donors (Lipinski definition) is 0. The fraction of sp³-hybridized carbons (Fsp3) is 0.0667. The van der Waals surface area contributed by atoms with Crippen molar-refractivity contribution in [2.24, 2.45) is 0 Å². The van der Waals surface area contributed by atoms with Crippen LogP contribution in [0.4, 0.5) is 0 Å². The fourth-order valence-electron chi connectivity index (χ4n) is 1.74. The lowest BCUT2D eigenvalue weighted by atomic mass is 9.92. The molecule has 2 aromatic rings. The van der Waals surface area contributed by atoms with Gasteiger partial charge in [-0.25, -0.2) is 0 Å². The zero-order chi connectivity index (χ0) is 10.5. The normalized spacial score (nSPS) is 10.2. The molecule has 0 spiro atoms. The summed E-state index contributed by atoms with van der Waals surface area (Å²) in [5.41, 5.74) is 2.46. The van der Waals surface area contributed by atoms with Crippen molar-refractivity contribution in [3.05, 3.63) is 84.4 Å². The maximum Gasteiger partial charge on any atom is 0.0272 e. The van der Waals surface area contributed by atoms with Gasteiger partial charge in [-0.3, -0.25) is 0 Å². The van der Waals surface area contributed by atoms with E-state index >= 15 is 0 Å². The molecule has 0 unspecified atom stereocenters. The summed E-state index contributed by atoms with van der Waals surface area (Å²) in [6.07, 6.45) is 1.74. The molecule has 0 nitrogen and oxygen atoms in total. The van der Waals surface area contributed by atoms with Crippen LogP contribution in [0.5, 0.6) is 0 Å². The van der Waals surface area contributed by atoms with Gasteiger partial charge in [0.25, 0.3) is 0 Å². The summed E-state index contributed by atoms with van der Waals surface area (Å²) in [7, 11) is 0. The lowest BCUT2D eigenvalue weighted by Gasteiger charge is -2.12. The molecule has 1 radical (unpaired) electrons. The predicted octanol–water partition coefficient (Wildman–Crippen LogP) is 3.81. The zero-order valence-corrected chi connectivity index (χ0v) is 8.51. The molecule has 0 heteroatoms. The van der Waals surface area contributed by atoms with Gasteiger partial charge in [0.1, 0.15) is 0 Å². The van der Waals surface area contributed by atoms with Crippen LogP contribution in [0.2, 0.25) is 0 Å². The molecule has 0 atom stereocenters. The van der Waals surface area contributed by atoms with E-state index in [-0.39, 0.29) is 5.92 Å². The molecule has 0 aliphatic carbocycles. The van der Waals surface area contributed by atoms with Crippen LogP contribution in [0.25, 0.3) is 0 Å². The Kier molecular flexibility index (Phi) is 2.99. The standard InChI is InChI=1S/C15H13/c1-2-15(13-9-5-3-6-10-13)14-11-7-4-8-12-14/h1-12,15H. The van der Waals surface area contributed by atoms with Crippen molar-refractivity contribution in [2.45, 2.75) is 5.92 Å². The van der Waals surface area contributed by atoms with Gasteiger partial charge in [-0.05, 0) is 11.1 Å². The average Bonchev–Trinajstić information content (AvgIpc) is 2.33. The van der Waals surface area contributed by atoms with Crippen molar-refractivity contribution < 1.29 is 0 Å². The van der Waals surface area contributed by atoms with Crippen LogP contribution in [0.3, 0.4) is 0 Å². The minimum atomic E-state index is 0.187. The van der Waals surface area contributed by atoms with Crippen molar-refractivity contribution in [3.63, 3.8) is 0 Å². The van der Waals surface area contributed by atoms with Gasteiger partial charge in [0.2, 0.25) is 0 Å². The topological polar surface area (TPSA) is 0 Å². The van der Waals surface area contributed by atoms with Crippen molar-refractivity contribution in [1.82, 2.24) is 0 Å². The summed E-state index contributed by atoms with van der Waals surface area (Å²) < 4.78 is 0. The van der Waals surface area contributed by atoms with Crippen molar-refractivity contribution >= 4 is 0 Å². The summed E-state index contributed by atoms with van der Waals surface area (Å²) in [5.74, 6) is 0.187. The molecule has 15 heavy (non-hydrogen) atoms. The molecule has 2 rings (SSSR count). The van der Waals surface area contributed by atoms with Crippen LogP contribution in [-0.4, -0.2) is 0 Å². The van der Waals surface area contributed by atoms with Crippen LogP contribution < -0.4 is 0 Å². The van der Waals surface area contributed by atoms with Gasteiger partial charge >= 0.3 is 0 Å². The van der Waals surface area contributed by atoms with E-state index < -0.39 is 0 Å². The monoisotopic (exact) mass is 193 g/mol. The third-order valence-electron chi connectivity index (χ3n) is 2.51. The molecule has 0 aliphatic heterocycles. The molecule has 73 valence electrons. The third-order valence-corrected chi connectivity index (χ3v) is 2.51. The largest absolute Gasteiger partial charge is 0.0727 e. The lowest BCUT2D eigenvalue weighted by molar-refractivity contribution is 1.03. The van der Waals surface area contributed by atoms with Crippen LogP contribution in [0.1, 0.15) is 17.0 Å². The molecular weight excluding hydrogens is 180 g/mol. The SMILES string of the molecule is [CH]=CC(c1ccccc1)c1ccccc1. The van der Waals surface area contributed by atoms with Crippen LogP contribution in [0.15, 0.2) is 66.7 Å². The van der Waals surface area contributed by atoms with Gasteiger partial charge in [0, 0.05) is 5.92 Å². The summed E-state index contributed by atoms with van der Waals surface area (Å²) in [6, 6.07) is 20.6. The average molecular weight is 193 g/mol. The van der Waals surface area contributed by atoms with Crippen LogP contribution >= 0.6 is 0 Å². The van der Waals surface area contributed by atoms with Gasteiger partial charge in [-0.15, -0.1) is 0 Å². The first-order valence-corrected chi connectivity index (χ1v) is 5.07. The van der Waals surface area contributed by atoms with Gasteiger partial charge in [0.05, 0.1) is 0 Å². The van der Waals surface area contributed by atoms with Gasteiger partial charge in [-0.2, -0.15) is 0 Å². The Morgan fingerprint density at radius 1 is 0.733 bits per heavy atom. The minimum absolute atomic E-state index is 0.187. The second-order valence-electron chi connectivity index (χ2n) is 3.49. The molecule has 0 saturated carbocycles. The highest BCUT2D eigenvalue weighted by Gasteiger charge is 2.08. The Morgan fingerprint density at radius 3 is 1.47 bits per heavy atom. The first kappa shape index (κ1) is 9.72. The highest BCUT2D eigenvalue weighted by molar-refractivity contribution is 5.35. The molecule has 0 fully saturated rings. The predicted molar refractivity (Wildman–Crippen MR) is 63.6 cm³/mol. The highest BCUT2D eigenvalue weighted by Crippen LogP contribution is 2.24. The molecule has 0 heterocycles. The molecule has 0 N–H and O–H groups in total. The van der Waals surface area contributed by atoms with Crippen LogP contribution in [0, 0.1) is 6.58 Å². The van der Waals surface area contributed by atoms with E-state index in [1.165, 1.54) is 11.1 Å². The van der Waals surface area contributed by atoms with E-state index in [0.29, 0.717) is 0 Å². The van der Waals surface area contributed by atoms with E-state index in [9.17, 15) is 0 Å². The van der Waals surface area contributed by atoms with E-state index in [2.05, 4.69) is 24.3 Å². The van der Waals surface area contributed by atoms with Gasteiger partial charge < -0.3 is 0 Å². The fourth-order valence-corrected chi connectivity index (χ4v) is 1.74. The van der Waals surface area contributed by atoms with Crippen LogP contribution in [-0.2, 0) is 0 Å². The minimum Gasteiger partial charge on any atom is -0.0727 e. The Morgan fingerprint density at radius 2 is 1.13 bits per heavy atom. The van der Waals surface area contributed by atoms with Crippen molar-refractivity contribution in [3.8, 4) is 0 Å². The summed E-state index contributed by atoms with van der Waals surface area (Å²) >= 11 is 0. The van der Waals surface area contributed by atoms with E-state index in [1.54, 1.807) is 6.08 Å². The second-order valence-corrected chi connectivity index (χ2v) is 3.49. The zero-order valence-electron chi connectivity index (χ0n) is 8.51. The first-order chi connectivity index (χ1) is 7.42. The summed E-state index contributed by atoms with van der Waals surface area (Å²) in [5, 5.41) is 0. The maximum absolute atomic E-state index is 5.71. The van der Waals surface area contributed by atoms with Crippen molar-refractivity contribution in [2.75, 3.05) is 0 Å². The molecular formula is C15H13. The highest BCUT2D eigenvalue weighted by atomic mass is 14.1. The number of rotatable bonds is 3. The molecule has 0 bridgehead atoms. The van der Waals surface area contributed by atoms with E-state index in [1.807, 2.05) is 36.4 Å². The molecule has 0 amide bonds. The van der Waals surface area contributed by atoms with Gasteiger partial charge in [-0.1, -0.05) is 73.3 Å². The summed E-state index contributed by atoms with van der Waals surface area (Å²) in [6.45, 7) is 5.71. The van der Waals surface area contributed by atoms with Gasteiger partial charge in [0.15, 0.2) is 0 Å². The summed E-state index contributed by atoms with van der Waals surface area (Å²) in [4.78, 5) is 0. The Hall–Kier alpha value is -1.82. The number of hydrogen-bond acceptors (Lipinski definition) is 0. The molecule has 0 aromatic heterocycles. The molecule has 2 aromatic carbocycles.